The minimum Gasteiger partial charge on any atom is -0.336 e. The molecular formula is C16H22ClN5O2. The number of benzene rings is 1. The van der Waals surface area contributed by atoms with Crippen molar-refractivity contribution in [3.63, 3.8) is 0 Å². The molecule has 8 heteroatoms. The van der Waals surface area contributed by atoms with Crippen molar-refractivity contribution in [3.05, 3.63) is 29.6 Å². The van der Waals surface area contributed by atoms with E-state index in [0.29, 0.717) is 31.2 Å². The molecule has 1 aliphatic heterocycles. The van der Waals surface area contributed by atoms with E-state index in [1.54, 1.807) is 4.90 Å². The number of hydrogen-bond donors (Lipinski definition) is 2. The molecule has 1 aromatic heterocycles. The maximum atomic E-state index is 11.9. The number of carbonyl (C=O) groups excluding carboxylic acids is 1. The van der Waals surface area contributed by atoms with Gasteiger partial charge in [0.1, 0.15) is 0 Å². The van der Waals surface area contributed by atoms with Gasteiger partial charge in [0.15, 0.2) is 5.82 Å². The Hall–Kier alpha value is -2.12. The second-order valence-electron chi connectivity index (χ2n) is 5.74. The molecule has 1 aliphatic rings. The zero-order valence-electron chi connectivity index (χ0n) is 14.0. The van der Waals surface area contributed by atoms with Crippen molar-refractivity contribution < 1.29 is 9.32 Å². The molecule has 0 spiro atoms. The van der Waals surface area contributed by atoms with Crippen LogP contribution in [0.4, 0.5) is 10.5 Å². The maximum absolute atomic E-state index is 11.9. The van der Waals surface area contributed by atoms with Crippen LogP contribution in [0.3, 0.4) is 0 Å². The van der Waals surface area contributed by atoms with Gasteiger partial charge in [0.05, 0.1) is 0 Å². The molecule has 2 aromatic rings. The van der Waals surface area contributed by atoms with E-state index < -0.39 is 0 Å². The summed E-state index contributed by atoms with van der Waals surface area (Å²) in [6.07, 6.45) is 0.702. The monoisotopic (exact) mass is 351 g/mol. The summed E-state index contributed by atoms with van der Waals surface area (Å²) in [5.41, 5.74) is 2.69. The van der Waals surface area contributed by atoms with E-state index in [-0.39, 0.29) is 24.5 Å². The first kappa shape index (κ1) is 18.2. The van der Waals surface area contributed by atoms with Crippen molar-refractivity contribution in [2.24, 2.45) is 0 Å². The summed E-state index contributed by atoms with van der Waals surface area (Å²) in [5.74, 6) is 1.16. The Morgan fingerprint density at radius 3 is 2.92 bits per heavy atom. The molecule has 0 bridgehead atoms. The van der Waals surface area contributed by atoms with Gasteiger partial charge in [-0.05, 0) is 38.6 Å². The molecule has 1 saturated heterocycles. The van der Waals surface area contributed by atoms with Crippen LogP contribution in [0.15, 0.2) is 22.7 Å². The highest BCUT2D eigenvalue weighted by Crippen LogP contribution is 2.30. The molecule has 0 radical (unpaired) electrons. The third kappa shape index (κ3) is 3.52. The number of halogens is 1. The summed E-state index contributed by atoms with van der Waals surface area (Å²) in [5, 5.41) is 10.0. The van der Waals surface area contributed by atoms with E-state index in [1.807, 2.05) is 32.2 Å². The van der Waals surface area contributed by atoms with Gasteiger partial charge in [-0.15, -0.1) is 12.4 Å². The third-order valence-electron chi connectivity index (χ3n) is 4.13. The largest absolute Gasteiger partial charge is 0.336 e. The average Bonchev–Trinajstić information content (AvgIpc) is 3.17. The highest BCUT2D eigenvalue weighted by Gasteiger charge is 2.24. The first-order valence-electron chi connectivity index (χ1n) is 7.75. The summed E-state index contributed by atoms with van der Waals surface area (Å²) in [6, 6.07) is 5.99. The SMILES string of the molecule is CNC(C)Cc1noc(-c2cccc(N3CCNC3=O)c2C)n1.Cl. The van der Waals surface area contributed by atoms with Crippen LogP contribution >= 0.6 is 12.4 Å². The van der Waals surface area contributed by atoms with Crippen molar-refractivity contribution in [2.45, 2.75) is 26.3 Å². The Balaban J connectivity index is 0.00000208. The van der Waals surface area contributed by atoms with Crippen LogP contribution in [0.5, 0.6) is 0 Å². The number of anilines is 1. The Kier molecular flexibility index (Phi) is 5.80. The molecule has 24 heavy (non-hydrogen) atoms. The van der Waals surface area contributed by atoms with E-state index in [1.165, 1.54) is 0 Å². The molecule has 1 unspecified atom stereocenters. The topological polar surface area (TPSA) is 83.3 Å². The average molecular weight is 352 g/mol. The minimum atomic E-state index is -0.0701. The van der Waals surface area contributed by atoms with Gasteiger partial charge >= 0.3 is 6.03 Å². The first-order chi connectivity index (χ1) is 11.1. The molecule has 2 heterocycles. The fourth-order valence-corrected chi connectivity index (χ4v) is 2.67. The van der Waals surface area contributed by atoms with Gasteiger partial charge in [-0.3, -0.25) is 4.90 Å². The molecule has 2 N–H and O–H groups in total. The predicted molar refractivity (Wildman–Crippen MR) is 94.7 cm³/mol. The van der Waals surface area contributed by atoms with Crippen molar-refractivity contribution in [2.75, 3.05) is 25.0 Å². The number of likely N-dealkylation sites (N-methyl/N-ethyl adjacent to an activating group) is 1. The van der Waals surface area contributed by atoms with E-state index in [2.05, 4.69) is 27.7 Å². The molecule has 7 nitrogen and oxygen atoms in total. The summed E-state index contributed by atoms with van der Waals surface area (Å²) in [4.78, 5) is 18.1. The van der Waals surface area contributed by atoms with E-state index >= 15 is 0 Å². The van der Waals surface area contributed by atoms with Crippen LogP contribution in [-0.4, -0.2) is 42.4 Å². The number of nitrogens with zero attached hydrogens (tertiary/aromatic N) is 3. The third-order valence-corrected chi connectivity index (χ3v) is 4.13. The lowest BCUT2D eigenvalue weighted by Gasteiger charge is -2.18. The van der Waals surface area contributed by atoms with Crippen LogP contribution in [0.2, 0.25) is 0 Å². The van der Waals surface area contributed by atoms with Gasteiger partial charge in [0.2, 0.25) is 0 Å². The summed E-state index contributed by atoms with van der Waals surface area (Å²) in [6.45, 7) is 5.36. The summed E-state index contributed by atoms with van der Waals surface area (Å²) >= 11 is 0. The molecule has 1 aromatic carbocycles. The number of hydrogen-bond acceptors (Lipinski definition) is 5. The molecule has 2 amide bonds. The number of aromatic nitrogens is 2. The van der Waals surface area contributed by atoms with Crippen molar-refractivity contribution in [1.82, 2.24) is 20.8 Å². The van der Waals surface area contributed by atoms with E-state index in [9.17, 15) is 4.79 Å². The number of carbonyl (C=O) groups is 1. The van der Waals surface area contributed by atoms with Gasteiger partial charge in [-0.25, -0.2) is 4.79 Å². The van der Waals surface area contributed by atoms with Gasteiger partial charge in [0, 0.05) is 36.8 Å². The molecule has 1 atom stereocenters. The number of amides is 2. The minimum absolute atomic E-state index is 0. The maximum Gasteiger partial charge on any atom is 0.322 e. The van der Waals surface area contributed by atoms with E-state index in [4.69, 9.17) is 4.52 Å². The van der Waals surface area contributed by atoms with Crippen LogP contribution in [0.25, 0.3) is 11.5 Å². The summed E-state index contributed by atoms with van der Waals surface area (Å²) in [7, 11) is 1.90. The normalized spacial score (nSPS) is 15.1. The quantitative estimate of drug-likeness (QED) is 0.862. The lowest BCUT2D eigenvalue weighted by molar-refractivity contribution is 0.252. The van der Waals surface area contributed by atoms with Crippen molar-refractivity contribution in [3.8, 4) is 11.5 Å². The fraction of sp³-hybridized carbons (Fsp3) is 0.438. The molecule has 0 aliphatic carbocycles. The lowest BCUT2D eigenvalue weighted by atomic mass is 10.1. The van der Waals surface area contributed by atoms with Crippen molar-refractivity contribution in [1.29, 1.82) is 0 Å². The van der Waals surface area contributed by atoms with Crippen LogP contribution in [-0.2, 0) is 6.42 Å². The molecule has 3 rings (SSSR count). The van der Waals surface area contributed by atoms with Crippen LogP contribution in [0.1, 0.15) is 18.3 Å². The molecule has 130 valence electrons. The zero-order chi connectivity index (χ0) is 16.4. The van der Waals surface area contributed by atoms with Crippen molar-refractivity contribution >= 4 is 24.1 Å². The number of urea groups is 1. The van der Waals surface area contributed by atoms with Gasteiger partial charge in [-0.2, -0.15) is 4.98 Å². The van der Waals surface area contributed by atoms with Gasteiger partial charge in [0.25, 0.3) is 5.89 Å². The van der Waals surface area contributed by atoms with Crippen LogP contribution in [0, 0.1) is 6.92 Å². The zero-order valence-corrected chi connectivity index (χ0v) is 14.8. The number of nitrogens with one attached hydrogen (secondary N) is 2. The van der Waals surface area contributed by atoms with Crippen LogP contribution < -0.4 is 15.5 Å². The predicted octanol–water partition coefficient (Wildman–Crippen LogP) is 2.15. The Labute approximate surface area is 147 Å². The summed E-state index contributed by atoms with van der Waals surface area (Å²) < 4.78 is 5.41. The number of rotatable bonds is 5. The second kappa shape index (κ2) is 7.63. The van der Waals surface area contributed by atoms with E-state index in [0.717, 1.165) is 16.8 Å². The molecular weight excluding hydrogens is 330 g/mol. The smallest absolute Gasteiger partial charge is 0.322 e. The second-order valence-corrected chi connectivity index (χ2v) is 5.74. The Morgan fingerprint density at radius 1 is 1.46 bits per heavy atom. The highest BCUT2D eigenvalue weighted by atomic mass is 35.5. The Morgan fingerprint density at radius 2 is 2.25 bits per heavy atom. The lowest BCUT2D eigenvalue weighted by Crippen LogP contribution is -2.28. The Bertz CT molecular complexity index is 718. The first-order valence-corrected chi connectivity index (χ1v) is 7.75. The highest BCUT2D eigenvalue weighted by molar-refractivity contribution is 5.95. The fourth-order valence-electron chi connectivity index (χ4n) is 2.67. The molecule has 1 fully saturated rings. The van der Waals surface area contributed by atoms with Gasteiger partial charge < -0.3 is 15.2 Å². The molecule has 0 saturated carbocycles. The standard InChI is InChI=1S/C16H21N5O2.ClH/c1-10(17-3)9-14-19-15(23-20-14)12-5-4-6-13(11(12)2)21-8-7-18-16(21)22;/h4-6,10,17H,7-9H2,1-3H3,(H,18,22);1H. The van der Waals surface area contributed by atoms with Gasteiger partial charge in [-0.1, -0.05) is 11.2 Å².